The predicted molar refractivity (Wildman–Crippen MR) is 77.0 cm³/mol. The largest absolute Gasteiger partial charge is 0.335 e. The number of imidazole rings is 2. The number of aryl methyl sites for hydroxylation is 4. The fourth-order valence-electron chi connectivity index (χ4n) is 2.37. The van der Waals surface area contributed by atoms with Crippen molar-refractivity contribution >= 4 is 0 Å². The van der Waals surface area contributed by atoms with Crippen LogP contribution in [0.2, 0.25) is 0 Å². The van der Waals surface area contributed by atoms with Gasteiger partial charge in [-0.15, -0.1) is 0 Å². The second kappa shape index (κ2) is 7.12. The van der Waals surface area contributed by atoms with Crippen LogP contribution in [-0.4, -0.2) is 19.1 Å². The summed E-state index contributed by atoms with van der Waals surface area (Å²) < 4.78 is 4.46. The van der Waals surface area contributed by atoms with Crippen LogP contribution in [0.25, 0.3) is 0 Å². The minimum absolute atomic E-state index is 1.10. The van der Waals surface area contributed by atoms with Crippen molar-refractivity contribution in [1.29, 1.82) is 0 Å². The highest BCUT2D eigenvalue weighted by molar-refractivity contribution is 4.88. The van der Waals surface area contributed by atoms with Crippen molar-refractivity contribution in [2.45, 2.75) is 59.0 Å². The third-order valence-corrected chi connectivity index (χ3v) is 3.65. The smallest absolute Gasteiger partial charge is 0.105 e. The summed E-state index contributed by atoms with van der Waals surface area (Å²) in [6.07, 6.45) is 14.3. The summed E-state index contributed by atoms with van der Waals surface area (Å²) in [5, 5.41) is 0. The Morgan fingerprint density at radius 1 is 0.737 bits per heavy atom. The standard InChI is InChI=1S/C15H24N4/c1-14-16-8-12-18(14)10-6-4-3-5-7-11-19-13-9-17-15(19)2/h8-9,12-13H,3-7,10-11H2,1-2H3. The second-order valence-electron chi connectivity index (χ2n) is 5.10. The van der Waals surface area contributed by atoms with Gasteiger partial charge in [0.15, 0.2) is 0 Å². The van der Waals surface area contributed by atoms with E-state index in [1.54, 1.807) is 0 Å². The summed E-state index contributed by atoms with van der Waals surface area (Å²) in [4.78, 5) is 8.47. The quantitative estimate of drug-likeness (QED) is 0.682. The molecule has 0 spiro atoms. The average Bonchev–Trinajstić information content (AvgIpc) is 2.98. The molecule has 104 valence electrons. The van der Waals surface area contributed by atoms with Crippen LogP contribution in [0.5, 0.6) is 0 Å². The van der Waals surface area contributed by atoms with Gasteiger partial charge in [-0.25, -0.2) is 9.97 Å². The summed E-state index contributed by atoms with van der Waals surface area (Å²) in [6, 6.07) is 0. The zero-order chi connectivity index (χ0) is 13.5. The lowest BCUT2D eigenvalue weighted by Crippen LogP contribution is -2.00. The molecule has 0 atom stereocenters. The molecule has 0 fully saturated rings. The van der Waals surface area contributed by atoms with Crippen molar-refractivity contribution in [2.24, 2.45) is 0 Å². The highest BCUT2D eigenvalue weighted by atomic mass is 15.1. The molecule has 0 saturated carbocycles. The molecule has 0 radical (unpaired) electrons. The summed E-state index contributed by atoms with van der Waals surface area (Å²) >= 11 is 0. The SMILES string of the molecule is Cc1nccn1CCCCCCCn1ccnc1C. The molecule has 4 nitrogen and oxygen atoms in total. The maximum Gasteiger partial charge on any atom is 0.105 e. The lowest BCUT2D eigenvalue weighted by Gasteiger charge is -2.06. The Bertz CT molecular complexity index is 440. The zero-order valence-electron chi connectivity index (χ0n) is 12.0. The minimum Gasteiger partial charge on any atom is -0.335 e. The van der Waals surface area contributed by atoms with Crippen LogP contribution >= 0.6 is 0 Å². The first kappa shape index (κ1) is 13.8. The molecule has 2 aromatic heterocycles. The Morgan fingerprint density at radius 3 is 1.53 bits per heavy atom. The van der Waals surface area contributed by atoms with Gasteiger partial charge in [-0.05, 0) is 26.7 Å². The van der Waals surface area contributed by atoms with Crippen LogP contribution in [0.4, 0.5) is 0 Å². The summed E-state index contributed by atoms with van der Waals surface area (Å²) in [5.41, 5.74) is 0. The van der Waals surface area contributed by atoms with Crippen LogP contribution in [0, 0.1) is 13.8 Å². The van der Waals surface area contributed by atoms with Crippen LogP contribution < -0.4 is 0 Å². The van der Waals surface area contributed by atoms with Crippen LogP contribution in [0.3, 0.4) is 0 Å². The number of hydrogen-bond acceptors (Lipinski definition) is 2. The lowest BCUT2D eigenvalue weighted by molar-refractivity contribution is 0.527. The first-order chi connectivity index (χ1) is 9.27. The second-order valence-corrected chi connectivity index (χ2v) is 5.10. The van der Waals surface area contributed by atoms with E-state index in [9.17, 15) is 0 Å². The number of nitrogens with zero attached hydrogens (tertiary/aromatic N) is 4. The molecule has 2 aromatic rings. The highest BCUT2D eigenvalue weighted by Crippen LogP contribution is 2.08. The Hall–Kier alpha value is -1.58. The van der Waals surface area contributed by atoms with E-state index in [1.807, 2.05) is 12.4 Å². The minimum atomic E-state index is 1.10. The van der Waals surface area contributed by atoms with Gasteiger partial charge in [0.2, 0.25) is 0 Å². The summed E-state index contributed by atoms with van der Waals surface area (Å²) in [5.74, 6) is 2.24. The molecule has 0 N–H and O–H groups in total. The van der Waals surface area contributed by atoms with Crippen molar-refractivity contribution in [2.75, 3.05) is 0 Å². The number of aromatic nitrogens is 4. The fourth-order valence-corrected chi connectivity index (χ4v) is 2.37. The van der Waals surface area contributed by atoms with E-state index in [0.29, 0.717) is 0 Å². The topological polar surface area (TPSA) is 35.6 Å². The van der Waals surface area contributed by atoms with Crippen molar-refractivity contribution < 1.29 is 0 Å². The maximum atomic E-state index is 4.24. The zero-order valence-corrected chi connectivity index (χ0v) is 12.0. The fraction of sp³-hybridized carbons (Fsp3) is 0.600. The van der Waals surface area contributed by atoms with Gasteiger partial charge in [0.1, 0.15) is 11.6 Å². The molecule has 0 unspecified atom stereocenters. The average molecular weight is 260 g/mol. The van der Waals surface area contributed by atoms with E-state index in [0.717, 1.165) is 24.7 Å². The van der Waals surface area contributed by atoms with Gasteiger partial charge >= 0.3 is 0 Å². The third kappa shape index (κ3) is 4.23. The maximum absolute atomic E-state index is 4.24. The third-order valence-electron chi connectivity index (χ3n) is 3.65. The van der Waals surface area contributed by atoms with Gasteiger partial charge in [0.05, 0.1) is 0 Å². The molecule has 4 heteroatoms. The van der Waals surface area contributed by atoms with E-state index in [-0.39, 0.29) is 0 Å². The molecular formula is C15H24N4. The van der Waals surface area contributed by atoms with E-state index in [2.05, 4.69) is 45.3 Å². The van der Waals surface area contributed by atoms with E-state index < -0.39 is 0 Å². The van der Waals surface area contributed by atoms with Gasteiger partial charge in [-0.1, -0.05) is 19.3 Å². The van der Waals surface area contributed by atoms with Gasteiger partial charge < -0.3 is 9.13 Å². The first-order valence-electron chi connectivity index (χ1n) is 7.23. The molecule has 2 rings (SSSR count). The Labute approximate surface area is 115 Å². The van der Waals surface area contributed by atoms with Gasteiger partial charge in [-0.3, -0.25) is 0 Å². The van der Waals surface area contributed by atoms with Crippen LogP contribution in [0.1, 0.15) is 43.8 Å². The number of unbranched alkanes of at least 4 members (excludes halogenated alkanes) is 4. The Morgan fingerprint density at radius 2 is 1.16 bits per heavy atom. The predicted octanol–water partition coefficient (Wildman–Crippen LogP) is 3.35. The monoisotopic (exact) mass is 260 g/mol. The molecule has 19 heavy (non-hydrogen) atoms. The first-order valence-corrected chi connectivity index (χ1v) is 7.23. The summed E-state index contributed by atoms with van der Waals surface area (Å²) in [7, 11) is 0. The molecule has 0 aliphatic heterocycles. The highest BCUT2D eigenvalue weighted by Gasteiger charge is 1.98. The number of hydrogen-bond donors (Lipinski definition) is 0. The normalized spacial score (nSPS) is 11.1. The number of rotatable bonds is 8. The van der Waals surface area contributed by atoms with Crippen molar-refractivity contribution in [3.8, 4) is 0 Å². The molecule has 0 aromatic carbocycles. The lowest BCUT2D eigenvalue weighted by atomic mass is 10.1. The van der Waals surface area contributed by atoms with Gasteiger partial charge in [0, 0.05) is 37.9 Å². The van der Waals surface area contributed by atoms with E-state index >= 15 is 0 Å². The molecule has 2 heterocycles. The Kier molecular flexibility index (Phi) is 5.19. The van der Waals surface area contributed by atoms with Gasteiger partial charge in [-0.2, -0.15) is 0 Å². The van der Waals surface area contributed by atoms with E-state index in [1.165, 1.54) is 32.1 Å². The molecule has 0 aliphatic rings. The van der Waals surface area contributed by atoms with Gasteiger partial charge in [0.25, 0.3) is 0 Å². The molecule has 0 saturated heterocycles. The Balaban J connectivity index is 1.51. The van der Waals surface area contributed by atoms with Crippen LogP contribution in [-0.2, 0) is 13.1 Å². The van der Waals surface area contributed by atoms with Crippen LogP contribution in [0.15, 0.2) is 24.8 Å². The van der Waals surface area contributed by atoms with Crippen molar-refractivity contribution in [3.63, 3.8) is 0 Å². The molecule has 0 bridgehead atoms. The molecule has 0 amide bonds. The van der Waals surface area contributed by atoms with Crippen molar-refractivity contribution in [1.82, 2.24) is 19.1 Å². The molecule has 0 aliphatic carbocycles. The molecular weight excluding hydrogens is 236 g/mol. The summed E-state index contributed by atoms with van der Waals surface area (Å²) in [6.45, 7) is 6.33. The van der Waals surface area contributed by atoms with E-state index in [4.69, 9.17) is 0 Å². The van der Waals surface area contributed by atoms with Crippen molar-refractivity contribution in [3.05, 3.63) is 36.4 Å².